The lowest BCUT2D eigenvalue weighted by Crippen LogP contribution is -2.49. The second-order valence-corrected chi connectivity index (χ2v) is 5.79. The number of aliphatic carboxylic acids is 1. The number of morpholine rings is 1. The van der Waals surface area contributed by atoms with Crippen molar-refractivity contribution in [2.75, 3.05) is 46.4 Å². The fraction of sp³-hybridized carbons (Fsp3) is 0.529. The zero-order valence-electron chi connectivity index (χ0n) is 14.1. The zero-order chi connectivity index (χ0) is 17.5. The van der Waals surface area contributed by atoms with E-state index in [1.807, 2.05) is 6.92 Å². The third-order valence-electron chi connectivity index (χ3n) is 3.76. The molecular weight excluding hydrogens is 312 g/mol. The molecule has 1 aromatic carbocycles. The second kappa shape index (κ2) is 8.65. The zero-order valence-corrected chi connectivity index (χ0v) is 14.1. The first-order valence-corrected chi connectivity index (χ1v) is 8.03. The van der Waals surface area contributed by atoms with Gasteiger partial charge in [-0.25, -0.2) is 0 Å². The van der Waals surface area contributed by atoms with Crippen LogP contribution in [0.5, 0.6) is 5.75 Å². The number of amides is 1. The van der Waals surface area contributed by atoms with Gasteiger partial charge in [0.25, 0.3) is 5.91 Å². The molecule has 24 heavy (non-hydrogen) atoms. The van der Waals surface area contributed by atoms with Crippen LogP contribution < -0.4 is 4.74 Å². The monoisotopic (exact) mass is 336 g/mol. The average Bonchev–Trinajstić information content (AvgIpc) is 2.54. The molecule has 0 aromatic heterocycles. The van der Waals surface area contributed by atoms with E-state index in [0.717, 1.165) is 5.75 Å². The Labute approximate surface area is 141 Å². The number of nitrogens with zero attached hydrogens (tertiary/aromatic N) is 2. The molecule has 1 aliphatic rings. The van der Waals surface area contributed by atoms with Gasteiger partial charge in [-0.3, -0.25) is 14.5 Å². The first-order valence-electron chi connectivity index (χ1n) is 8.03. The predicted octanol–water partition coefficient (Wildman–Crippen LogP) is 0.943. The van der Waals surface area contributed by atoms with Crippen LogP contribution >= 0.6 is 0 Å². The highest BCUT2D eigenvalue weighted by atomic mass is 16.5. The summed E-state index contributed by atoms with van der Waals surface area (Å²) in [5, 5.41) is 8.81. The van der Waals surface area contributed by atoms with Crippen LogP contribution in [0.25, 0.3) is 0 Å². The van der Waals surface area contributed by atoms with Gasteiger partial charge in [0.05, 0.1) is 25.9 Å². The van der Waals surface area contributed by atoms with Gasteiger partial charge < -0.3 is 19.5 Å². The minimum Gasteiger partial charge on any atom is -0.494 e. The van der Waals surface area contributed by atoms with Gasteiger partial charge in [-0.1, -0.05) is 0 Å². The minimum absolute atomic E-state index is 0.0489. The van der Waals surface area contributed by atoms with Crippen LogP contribution in [0.15, 0.2) is 24.3 Å². The molecule has 1 aromatic rings. The summed E-state index contributed by atoms with van der Waals surface area (Å²) in [5.74, 6) is -0.188. The molecule has 1 unspecified atom stereocenters. The smallest absolute Gasteiger partial charge is 0.317 e. The Morgan fingerprint density at radius 2 is 2.08 bits per heavy atom. The summed E-state index contributed by atoms with van der Waals surface area (Å²) in [6.07, 6.45) is -0.185. The van der Waals surface area contributed by atoms with Gasteiger partial charge >= 0.3 is 5.97 Å². The SMILES string of the molecule is CCOc1ccc(C(=O)N2CCOC(CN(C)CC(=O)O)C2)cc1. The van der Waals surface area contributed by atoms with Gasteiger partial charge in [-0.2, -0.15) is 0 Å². The minimum atomic E-state index is -0.879. The van der Waals surface area contributed by atoms with Crippen molar-refractivity contribution < 1.29 is 24.2 Å². The molecule has 7 heteroatoms. The molecule has 132 valence electrons. The second-order valence-electron chi connectivity index (χ2n) is 5.79. The largest absolute Gasteiger partial charge is 0.494 e. The van der Waals surface area contributed by atoms with Gasteiger partial charge in [0.15, 0.2) is 0 Å². The standard InChI is InChI=1S/C17H24N2O5/c1-3-23-14-6-4-13(5-7-14)17(22)19-8-9-24-15(11-19)10-18(2)12-16(20)21/h4-7,15H,3,8-12H2,1-2H3,(H,20,21). The summed E-state index contributed by atoms with van der Waals surface area (Å²) in [6, 6.07) is 7.09. The fourth-order valence-corrected chi connectivity index (χ4v) is 2.70. The Morgan fingerprint density at radius 1 is 1.38 bits per heavy atom. The van der Waals surface area contributed by atoms with Crippen LogP contribution in [0.3, 0.4) is 0 Å². The highest BCUT2D eigenvalue weighted by Gasteiger charge is 2.26. The van der Waals surface area contributed by atoms with Crippen LogP contribution in [-0.4, -0.2) is 79.3 Å². The number of carbonyl (C=O) groups is 2. The molecule has 2 rings (SSSR count). The van der Waals surface area contributed by atoms with E-state index in [1.165, 1.54) is 0 Å². The Kier molecular flexibility index (Phi) is 6.57. The maximum atomic E-state index is 12.6. The molecule has 1 amide bonds. The number of rotatable bonds is 7. The molecule has 1 fully saturated rings. The number of likely N-dealkylation sites (N-methyl/N-ethyl adjacent to an activating group) is 1. The summed E-state index contributed by atoms with van der Waals surface area (Å²) < 4.78 is 11.0. The van der Waals surface area contributed by atoms with Gasteiger partial charge in [0.1, 0.15) is 5.75 Å². The lowest BCUT2D eigenvalue weighted by atomic mass is 10.1. The first-order chi connectivity index (χ1) is 11.5. The van der Waals surface area contributed by atoms with Gasteiger partial charge in [0.2, 0.25) is 0 Å². The van der Waals surface area contributed by atoms with E-state index in [0.29, 0.717) is 38.4 Å². The molecule has 1 saturated heterocycles. The molecule has 0 saturated carbocycles. The maximum absolute atomic E-state index is 12.6. The number of ether oxygens (including phenoxy) is 2. The van der Waals surface area contributed by atoms with Crippen molar-refractivity contribution in [2.24, 2.45) is 0 Å². The molecular formula is C17H24N2O5. The normalized spacial score (nSPS) is 17.8. The Morgan fingerprint density at radius 3 is 2.71 bits per heavy atom. The van der Waals surface area contributed by atoms with Crippen LogP contribution in [0.4, 0.5) is 0 Å². The summed E-state index contributed by atoms with van der Waals surface area (Å²) in [7, 11) is 1.73. The Balaban J connectivity index is 1.93. The Bertz CT molecular complexity index is 561. The lowest BCUT2D eigenvalue weighted by Gasteiger charge is -2.34. The van der Waals surface area contributed by atoms with Crippen molar-refractivity contribution in [3.05, 3.63) is 29.8 Å². The number of carboxylic acids is 1. The van der Waals surface area contributed by atoms with E-state index < -0.39 is 5.97 Å². The van der Waals surface area contributed by atoms with Crippen LogP contribution in [-0.2, 0) is 9.53 Å². The lowest BCUT2D eigenvalue weighted by molar-refractivity contribution is -0.138. The van der Waals surface area contributed by atoms with E-state index in [1.54, 1.807) is 41.1 Å². The van der Waals surface area contributed by atoms with E-state index in [-0.39, 0.29) is 18.6 Å². The fourth-order valence-electron chi connectivity index (χ4n) is 2.70. The summed E-state index contributed by atoms with van der Waals surface area (Å²) in [6.45, 7) is 4.36. The van der Waals surface area contributed by atoms with E-state index in [4.69, 9.17) is 14.6 Å². The van der Waals surface area contributed by atoms with Crippen molar-refractivity contribution in [2.45, 2.75) is 13.0 Å². The van der Waals surface area contributed by atoms with E-state index in [2.05, 4.69) is 0 Å². The quantitative estimate of drug-likeness (QED) is 0.798. The van der Waals surface area contributed by atoms with Crippen molar-refractivity contribution in [1.82, 2.24) is 9.80 Å². The van der Waals surface area contributed by atoms with Crippen molar-refractivity contribution in [3.63, 3.8) is 0 Å². The topological polar surface area (TPSA) is 79.3 Å². The van der Waals surface area contributed by atoms with Crippen LogP contribution in [0, 0.1) is 0 Å². The first kappa shape index (κ1) is 18.2. The van der Waals surface area contributed by atoms with Crippen LogP contribution in [0.1, 0.15) is 17.3 Å². The number of hydrogen-bond acceptors (Lipinski definition) is 5. The third-order valence-corrected chi connectivity index (χ3v) is 3.76. The third kappa shape index (κ3) is 5.21. The molecule has 0 spiro atoms. The summed E-state index contributed by atoms with van der Waals surface area (Å²) in [4.78, 5) is 26.8. The maximum Gasteiger partial charge on any atom is 0.317 e. The summed E-state index contributed by atoms with van der Waals surface area (Å²) >= 11 is 0. The highest BCUT2D eigenvalue weighted by molar-refractivity contribution is 5.94. The molecule has 1 atom stereocenters. The molecule has 0 bridgehead atoms. The molecule has 1 N–H and O–H groups in total. The van der Waals surface area contributed by atoms with Crippen molar-refractivity contribution >= 4 is 11.9 Å². The van der Waals surface area contributed by atoms with Gasteiger partial charge in [-0.05, 0) is 38.2 Å². The molecule has 1 aliphatic heterocycles. The van der Waals surface area contributed by atoms with Crippen LogP contribution in [0.2, 0.25) is 0 Å². The molecule has 7 nitrogen and oxygen atoms in total. The average molecular weight is 336 g/mol. The number of benzene rings is 1. The van der Waals surface area contributed by atoms with E-state index in [9.17, 15) is 9.59 Å². The number of carbonyl (C=O) groups excluding carboxylic acids is 1. The van der Waals surface area contributed by atoms with Gasteiger partial charge in [-0.15, -0.1) is 0 Å². The van der Waals surface area contributed by atoms with E-state index >= 15 is 0 Å². The van der Waals surface area contributed by atoms with Crippen molar-refractivity contribution in [3.8, 4) is 5.75 Å². The number of hydrogen-bond donors (Lipinski definition) is 1. The molecule has 0 radical (unpaired) electrons. The van der Waals surface area contributed by atoms with Gasteiger partial charge in [0, 0.05) is 25.2 Å². The summed E-state index contributed by atoms with van der Waals surface area (Å²) in [5.41, 5.74) is 0.609. The Hall–Kier alpha value is -2.12. The number of carboxylic acid groups (broad SMARTS) is 1. The van der Waals surface area contributed by atoms with Crippen molar-refractivity contribution in [1.29, 1.82) is 0 Å². The molecule has 1 heterocycles. The predicted molar refractivity (Wildman–Crippen MR) is 88.4 cm³/mol. The molecule has 0 aliphatic carbocycles. The highest BCUT2D eigenvalue weighted by Crippen LogP contribution is 2.16.